The standard InChI is InChI=1S/C28H27NO6/c1-18-4-10-24(11-5-18)35-25-14-8-22(9-15-25)29-17-21(16-26(29)30)28(32)34-19(2)27(31)20-6-12-23(33-3)13-7-20/h4-15,19,21H,16-17H2,1-3H3/t19-,21-/m1/s1. The molecule has 0 saturated carbocycles. The van der Waals surface area contributed by atoms with Crippen LogP contribution in [0.1, 0.15) is 29.3 Å². The molecule has 0 unspecified atom stereocenters. The van der Waals surface area contributed by atoms with Crippen LogP contribution in [0.25, 0.3) is 0 Å². The van der Waals surface area contributed by atoms with E-state index >= 15 is 0 Å². The van der Waals surface area contributed by atoms with Crippen LogP contribution in [0.15, 0.2) is 72.8 Å². The highest BCUT2D eigenvalue weighted by Gasteiger charge is 2.37. The molecular formula is C28H27NO6. The number of Topliss-reactive ketones (excluding diaryl/α,β-unsaturated/α-hetero) is 1. The van der Waals surface area contributed by atoms with Crippen LogP contribution < -0.4 is 14.4 Å². The van der Waals surface area contributed by atoms with E-state index in [1.54, 1.807) is 60.5 Å². The lowest BCUT2D eigenvalue weighted by Crippen LogP contribution is -2.30. The molecule has 0 spiro atoms. The Labute approximate surface area is 204 Å². The molecule has 7 nitrogen and oxygen atoms in total. The summed E-state index contributed by atoms with van der Waals surface area (Å²) in [4.78, 5) is 39.5. The Morgan fingerprint density at radius 2 is 1.46 bits per heavy atom. The number of ether oxygens (including phenoxy) is 3. The maximum absolute atomic E-state index is 12.7. The average Bonchev–Trinajstić information content (AvgIpc) is 3.27. The molecule has 4 rings (SSSR count). The number of carbonyl (C=O) groups is 3. The molecule has 1 fully saturated rings. The Morgan fingerprint density at radius 1 is 0.886 bits per heavy atom. The van der Waals surface area contributed by atoms with Crippen molar-refractivity contribution in [2.45, 2.75) is 26.4 Å². The van der Waals surface area contributed by atoms with Crippen molar-refractivity contribution in [3.63, 3.8) is 0 Å². The van der Waals surface area contributed by atoms with Crippen molar-refractivity contribution in [2.24, 2.45) is 5.92 Å². The van der Waals surface area contributed by atoms with Crippen molar-refractivity contribution >= 4 is 23.3 Å². The number of hydrogen-bond donors (Lipinski definition) is 0. The molecule has 1 heterocycles. The molecule has 1 aliphatic heterocycles. The number of rotatable bonds is 8. The summed E-state index contributed by atoms with van der Waals surface area (Å²) < 4.78 is 16.3. The summed E-state index contributed by atoms with van der Waals surface area (Å²) in [6.45, 7) is 3.74. The first-order valence-corrected chi connectivity index (χ1v) is 11.4. The fourth-order valence-corrected chi connectivity index (χ4v) is 3.87. The molecule has 3 aromatic rings. The van der Waals surface area contributed by atoms with E-state index in [-0.39, 0.29) is 24.7 Å². The van der Waals surface area contributed by atoms with Gasteiger partial charge in [-0.15, -0.1) is 0 Å². The van der Waals surface area contributed by atoms with E-state index in [0.717, 1.165) is 11.3 Å². The van der Waals surface area contributed by atoms with Gasteiger partial charge in [0.2, 0.25) is 11.7 Å². The number of anilines is 1. The van der Waals surface area contributed by atoms with Crippen LogP contribution >= 0.6 is 0 Å². The smallest absolute Gasteiger partial charge is 0.312 e. The number of nitrogens with zero attached hydrogens (tertiary/aromatic N) is 1. The number of esters is 1. The minimum Gasteiger partial charge on any atom is -0.497 e. The molecule has 2 atom stereocenters. The summed E-state index contributed by atoms with van der Waals surface area (Å²) >= 11 is 0. The zero-order chi connectivity index (χ0) is 24.9. The molecule has 0 bridgehead atoms. The summed E-state index contributed by atoms with van der Waals surface area (Å²) in [7, 11) is 1.54. The van der Waals surface area contributed by atoms with Gasteiger partial charge >= 0.3 is 5.97 Å². The third-order valence-corrected chi connectivity index (χ3v) is 5.90. The molecule has 3 aromatic carbocycles. The minimum atomic E-state index is -0.960. The highest BCUT2D eigenvalue weighted by atomic mass is 16.5. The molecule has 0 aliphatic carbocycles. The van der Waals surface area contributed by atoms with Gasteiger partial charge in [-0.2, -0.15) is 0 Å². The van der Waals surface area contributed by atoms with Gasteiger partial charge < -0.3 is 19.1 Å². The van der Waals surface area contributed by atoms with Gasteiger partial charge in [0.05, 0.1) is 13.0 Å². The highest BCUT2D eigenvalue weighted by molar-refractivity contribution is 6.02. The van der Waals surface area contributed by atoms with E-state index in [1.807, 2.05) is 31.2 Å². The largest absolute Gasteiger partial charge is 0.497 e. The first kappa shape index (κ1) is 24.0. The van der Waals surface area contributed by atoms with Gasteiger partial charge in [0, 0.05) is 24.2 Å². The zero-order valence-corrected chi connectivity index (χ0v) is 19.9. The Balaban J connectivity index is 1.34. The summed E-state index contributed by atoms with van der Waals surface area (Å²) in [6.07, 6.45) is -0.928. The van der Waals surface area contributed by atoms with Crippen LogP contribution in [0.4, 0.5) is 5.69 Å². The minimum absolute atomic E-state index is 0.0316. The lowest BCUT2D eigenvalue weighted by Gasteiger charge is -2.18. The van der Waals surface area contributed by atoms with E-state index in [9.17, 15) is 14.4 Å². The number of hydrogen-bond acceptors (Lipinski definition) is 6. The molecule has 1 saturated heterocycles. The summed E-state index contributed by atoms with van der Waals surface area (Å²) in [5.41, 5.74) is 2.24. The Bertz CT molecular complexity index is 1200. The normalized spacial score (nSPS) is 16.0. The lowest BCUT2D eigenvalue weighted by atomic mass is 10.1. The lowest BCUT2D eigenvalue weighted by molar-refractivity contribution is -0.151. The van der Waals surface area contributed by atoms with E-state index < -0.39 is 18.0 Å². The van der Waals surface area contributed by atoms with Crippen molar-refractivity contribution in [1.29, 1.82) is 0 Å². The van der Waals surface area contributed by atoms with Crippen LogP contribution in [-0.2, 0) is 14.3 Å². The maximum atomic E-state index is 12.7. The molecule has 35 heavy (non-hydrogen) atoms. The first-order chi connectivity index (χ1) is 16.8. The van der Waals surface area contributed by atoms with E-state index in [4.69, 9.17) is 14.2 Å². The van der Waals surface area contributed by atoms with Gasteiger partial charge in [-0.25, -0.2) is 0 Å². The van der Waals surface area contributed by atoms with Crippen LogP contribution in [0.2, 0.25) is 0 Å². The quantitative estimate of drug-likeness (QED) is 0.340. The molecule has 0 radical (unpaired) electrons. The van der Waals surface area contributed by atoms with Gasteiger partial charge in [0.15, 0.2) is 6.10 Å². The zero-order valence-electron chi connectivity index (χ0n) is 19.9. The predicted molar refractivity (Wildman–Crippen MR) is 131 cm³/mol. The van der Waals surface area contributed by atoms with E-state index in [1.165, 1.54) is 6.92 Å². The molecule has 7 heteroatoms. The van der Waals surface area contributed by atoms with E-state index in [0.29, 0.717) is 22.7 Å². The Morgan fingerprint density at radius 3 is 2.06 bits per heavy atom. The fourth-order valence-electron chi connectivity index (χ4n) is 3.87. The van der Waals surface area contributed by atoms with Gasteiger partial charge in [0.25, 0.3) is 0 Å². The third kappa shape index (κ3) is 5.69. The number of aryl methyl sites for hydroxylation is 1. The maximum Gasteiger partial charge on any atom is 0.312 e. The Kier molecular flexibility index (Phi) is 7.15. The van der Waals surface area contributed by atoms with Crippen molar-refractivity contribution in [1.82, 2.24) is 0 Å². The monoisotopic (exact) mass is 473 g/mol. The average molecular weight is 474 g/mol. The number of amides is 1. The van der Waals surface area contributed by atoms with E-state index in [2.05, 4.69) is 0 Å². The second kappa shape index (κ2) is 10.4. The molecule has 0 N–H and O–H groups in total. The van der Waals surface area contributed by atoms with Crippen LogP contribution in [0, 0.1) is 12.8 Å². The van der Waals surface area contributed by atoms with Crippen molar-refractivity contribution in [3.8, 4) is 17.2 Å². The second-order valence-corrected chi connectivity index (χ2v) is 8.49. The van der Waals surface area contributed by atoms with Gasteiger partial charge in [-0.05, 0) is 74.5 Å². The Hall–Kier alpha value is -4.13. The molecule has 180 valence electrons. The number of carbonyl (C=O) groups excluding carboxylic acids is 3. The number of methoxy groups -OCH3 is 1. The van der Waals surface area contributed by atoms with Gasteiger partial charge in [-0.3, -0.25) is 14.4 Å². The summed E-state index contributed by atoms with van der Waals surface area (Å²) in [6, 6.07) is 21.4. The topological polar surface area (TPSA) is 82.1 Å². The first-order valence-electron chi connectivity index (χ1n) is 11.4. The molecular weight excluding hydrogens is 446 g/mol. The van der Waals surface area contributed by atoms with Crippen LogP contribution in [0.5, 0.6) is 17.2 Å². The van der Waals surface area contributed by atoms with Gasteiger partial charge in [0.1, 0.15) is 17.2 Å². The molecule has 1 amide bonds. The fraction of sp³-hybridized carbons (Fsp3) is 0.250. The predicted octanol–water partition coefficient (Wildman–Crippen LogP) is 4.96. The van der Waals surface area contributed by atoms with Crippen LogP contribution in [0.3, 0.4) is 0 Å². The van der Waals surface area contributed by atoms with Gasteiger partial charge in [-0.1, -0.05) is 17.7 Å². The highest BCUT2D eigenvalue weighted by Crippen LogP contribution is 2.29. The summed E-state index contributed by atoms with van der Waals surface area (Å²) in [5, 5.41) is 0. The second-order valence-electron chi connectivity index (χ2n) is 8.49. The summed E-state index contributed by atoms with van der Waals surface area (Å²) in [5.74, 6) is 0.310. The van der Waals surface area contributed by atoms with Crippen LogP contribution in [-0.4, -0.2) is 37.4 Å². The van der Waals surface area contributed by atoms with Crippen molar-refractivity contribution in [3.05, 3.63) is 83.9 Å². The SMILES string of the molecule is COc1ccc(C(=O)[C@@H](C)OC(=O)[C@@H]2CC(=O)N(c3ccc(Oc4ccc(C)cc4)cc3)C2)cc1. The molecule has 1 aliphatic rings. The number of benzene rings is 3. The van der Waals surface area contributed by atoms with Crippen molar-refractivity contribution < 1.29 is 28.6 Å². The number of ketones is 1. The third-order valence-electron chi connectivity index (χ3n) is 5.90. The van der Waals surface area contributed by atoms with Crippen molar-refractivity contribution in [2.75, 3.05) is 18.6 Å². The molecule has 0 aromatic heterocycles.